The minimum absolute atomic E-state index is 0.0207. The maximum atomic E-state index is 14.0. The first kappa shape index (κ1) is 16.1. The monoisotopic (exact) mass is 323 g/mol. The van der Waals surface area contributed by atoms with Gasteiger partial charge < -0.3 is 4.74 Å². The molecule has 0 aliphatic carbocycles. The van der Waals surface area contributed by atoms with Gasteiger partial charge in [-0.1, -0.05) is 0 Å². The van der Waals surface area contributed by atoms with Crippen molar-refractivity contribution in [2.45, 2.75) is 13.8 Å². The maximum Gasteiger partial charge on any atom is 0.223 e. The molecular formula is C15H12ClF2N3O. The molecule has 0 N–H and O–H groups in total. The minimum atomic E-state index is -0.739. The van der Waals surface area contributed by atoms with E-state index in [4.69, 9.17) is 21.6 Å². The number of rotatable bonds is 4. The molecular weight excluding hydrogens is 312 g/mol. The second-order valence-corrected chi connectivity index (χ2v) is 5.60. The fourth-order valence-corrected chi connectivity index (χ4v) is 1.74. The van der Waals surface area contributed by atoms with Crippen LogP contribution in [0.3, 0.4) is 0 Å². The van der Waals surface area contributed by atoms with Crippen LogP contribution in [0.4, 0.5) is 8.78 Å². The van der Waals surface area contributed by atoms with Crippen molar-refractivity contribution in [3.63, 3.8) is 0 Å². The van der Waals surface area contributed by atoms with E-state index in [2.05, 4.69) is 16.0 Å². The molecule has 0 saturated heterocycles. The fraction of sp³-hybridized carbons (Fsp3) is 0.267. The smallest absolute Gasteiger partial charge is 0.223 e. The van der Waals surface area contributed by atoms with Crippen molar-refractivity contribution in [1.82, 2.24) is 9.97 Å². The van der Waals surface area contributed by atoms with Crippen LogP contribution in [0, 0.1) is 28.4 Å². The Hall–Kier alpha value is -2.26. The third-order valence-electron chi connectivity index (χ3n) is 2.81. The SMILES string of the molecule is CC(C)(C#N)COc1ccc(-c2nc(Cl)ncc2F)cc1F. The summed E-state index contributed by atoms with van der Waals surface area (Å²) < 4.78 is 33.0. The molecule has 2 aromatic rings. The summed E-state index contributed by atoms with van der Waals surface area (Å²) in [7, 11) is 0. The van der Waals surface area contributed by atoms with Crippen molar-refractivity contribution < 1.29 is 13.5 Å². The van der Waals surface area contributed by atoms with E-state index in [1.807, 2.05) is 0 Å². The Morgan fingerprint density at radius 2 is 2.05 bits per heavy atom. The molecule has 2 rings (SSSR count). The van der Waals surface area contributed by atoms with Crippen LogP contribution in [-0.4, -0.2) is 16.6 Å². The molecule has 1 aromatic heterocycles. The average Bonchev–Trinajstić information content (AvgIpc) is 2.48. The summed E-state index contributed by atoms with van der Waals surface area (Å²) in [5.41, 5.74) is -0.619. The molecule has 0 bridgehead atoms. The van der Waals surface area contributed by atoms with Gasteiger partial charge in [0.05, 0.1) is 17.7 Å². The van der Waals surface area contributed by atoms with Crippen molar-refractivity contribution in [2.75, 3.05) is 6.61 Å². The first-order valence-electron chi connectivity index (χ1n) is 6.34. The minimum Gasteiger partial charge on any atom is -0.489 e. The van der Waals surface area contributed by atoms with Crippen molar-refractivity contribution in [2.24, 2.45) is 5.41 Å². The Morgan fingerprint density at radius 1 is 1.32 bits per heavy atom. The third-order valence-corrected chi connectivity index (χ3v) is 2.99. The van der Waals surface area contributed by atoms with Gasteiger partial charge in [0, 0.05) is 5.56 Å². The maximum absolute atomic E-state index is 14.0. The Balaban J connectivity index is 2.27. The van der Waals surface area contributed by atoms with E-state index in [0.29, 0.717) is 0 Å². The van der Waals surface area contributed by atoms with E-state index < -0.39 is 17.0 Å². The van der Waals surface area contributed by atoms with Crippen LogP contribution in [0.5, 0.6) is 5.75 Å². The average molecular weight is 324 g/mol. The fourth-order valence-electron chi connectivity index (χ4n) is 1.60. The predicted octanol–water partition coefficient (Wildman–Crippen LogP) is 4.00. The molecule has 0 saturated carbocycles. The zero-order valence-corrected chi connectivity index (χ0v) is 12.7. The van der Waals surface area contributed by atoms with Gasteiger partial charge in [-0.25, -0.2) is 18.7 Å². The number of ether oxygens (including phenoxy) is 1. The van der Waals surface area contributed by atoms with Crippen molar-refractivity contribution in [1.29, 1.82) is 5.26 Å². The van der Waals surface area contributed by atoms with Gasteiger partial charge in [0.2, 0.25) is 5.28 Å². The van der Waals surface area contributed by atoms with Crippen LogP contribution in [0.15, 0.2) is 24.4 Å². The first-order chi connectivity index (χ1) is 10.3. The van der Waals surface area contributed by atoms with Gasteiger partial charge in [-0.05, 0) is 43.6 Å². The topological polar surface area (TPSA) is 58.8 Å². The molecule has 7 heteroatoms. The highest BCUT2D eigenvalue weighted by Gasteiger charge is 2.19. The number of aromatic nitrogens is 2. The zero-order valence-electron chi connectivity index (χ0n) is 11.9. The molecule has 0 atom stereocenters. The summed E-state index contributed by atoms with van der Waals surface area (Å²) >= 11 is 5.62. The normalized spacial score (nSPS) is 11.1. The molecule has 0 aliphatic rings. The molecule has 22 heavy (non-hydrogen) atoms. The largest absolute Gasteiger partial charge is 0.489 e. The number of benzene rings is 1. The van der Waals surface area contributed by atoms with Crippen LogP contribution in [0.25, 0.3) is 11.3 Å². The van der Waals surface area contributed by atoms with E-state index in [9.17, 15) is 8.78 Å². The summed E-state index contributed by atoms with van der Waals surface area (Å²) in [5, 5.41) is 8.77. The van der Waals surface area contributed by atoms with Gasteiger partial charge in [-0.3, -0.25) is 0 Å². The second kappa shape index (κ2) is 6.24. The van der Waals surface area contributed by atoms with Crippen LogP contribution >= 0.6 is 11.6 Å². The molecule has 1 aromatic carbocycles. The van der Waals surface area contributed by atoms with Crippen LogP contribution in [0.2, 0.25) is 5.28 Å². The van der Waals surface area contributed by atoms with Crippen LogP contribution in [0.1, 0.15) is 13.8 Å². The van der Waals surface area contributed by atoms with Crippen LogP contribution in [-0.2, 0) is 0 Å². The van der Waals surface area contributed by atoms with Gasteiger partial charge in [0.1, 0.15) is 12.3 Å². The predicted molar refractivity (Wildman–Crippen MR) is 77.3 cm³/mol. The number of nitriles is 1. The van der Waals surface area contributed by atoms with E-state index >= 15 is 0 Å². The lowest BCUT2D eigenvalue weighted by molar-refractivity contribution is 0.219. The summed E-state index contributed by atoms with van der Waals surface area (Å²) in [5.74, 6) is -1.41. The highest BCUT2D eigenvalue weighted by Crippen LogP contribution is 2.27. The lowest BCUT2D eigenvalue weighted by Gasteiger charge is -2.16. The van der Waals surface area contributed by atoms with Gasteiger partial charge in [-0.15, -0.1) is 0 Å². The lowest BCUT2D eigenvalue weighted by Crippen LogP contribution is -2.19. The highest BCUT2D eigenvalue weighted by atomic mass is 35.5. The van der Waals surface area contributed by atoms with Gasteiger partial charge >= 0.3 is 0 Å². The van der Waals surface area contributed by atoms with E-state index in [-0.39, 0.29) is 28.9 Å². The highest BCUT2D eigenvalue weighted by molar-refractivity contribution is 6.28. The molecule has 0 radical (unpaired) electrons. The molecule has 4 nitrogen and oxygen atoms in total. The number of nitrogens with zero attached hydrogens (tertiary/aromatic N) is 3. The lowest BCUT2D eigenvalue weighted by atomic mass is 9.98. The van der Waals surface area contributed by atoms with E-state index in [0.717, 1.165) is 12.3 Å². The van der Waals surface area contributed by atoms with E-state index in [1.54, 1.807) is 13.8 Å². The molecule has 0 amide bonds. The first-order valence-corrected chi connectivity index (χ1v) is 6.72. The molecule has 0 fully saturated rings. The van der Waals surface area contributed by atoms with Gasteiger partial charge in [0.25, 0.3) is 0 Å². The van der Waals surface area contributed by atoms with Gasteiger partial charge in [0.15, 0.2) is 17.4 Å². The quantitative estimate of drug-likeness (QED) is 0.798. The summed E-state index contributed by atoms with van der Waals surface area (Å²) in [6, 6.07) is 5.96. The Bertz CT molecular complexity index is 744. The van der Waals surface area contributed by atoms with Gasteiger partial charge in [-0.2, -0.15) is 5.26 Å². The van der Waals surface area contributed by atoms with Crippen molar-refractivity contribution >= 4 is 11.6 Å². The Labute approximate surface area is 131 Å². The van der Waals surface area contributed by atoms with Crippen LogP contribution < -0.4 is 4.74 Å². The third kappa shape index (κ3) is 3.68. The molecule has 1 heterocycles. The molecule has 0 spiro atoms. The number of hydrogen-bond donors (Lipinski definition) is 0. The Morgan fingerprint density at radius 3 is 2.68 bits per heavy atom. The molecule has 114 valence electrons. The summed E-state index contributed by atoms with van der Waals surface area (Å²) in [6.45, 7) is 3.39. The second-order valence-electron chi connectivity index (χ2n) is 5.27. The molecule has 0 unspecified atom stereocenters. The zero-order chi connectivity index (χ0) is 16.3. The summed E-state index contributed by atoms with van der Waals surface area (Å²) in [6.07, 6.45) is 0.919. The Kier molecular flexibility index (Phi) is 4.57. The standard InChI is InChI=1S/C15H12ClF2N3O/c1-15(2,7-19)8-22-12-4-3-9(5-10(12)17)13-11(18)6-20-14(16)21-13/h3-6H,8H2,1-2H3. The van der Waals surface area contributed by atoms with E-state index in [1.165, 1.54) is 12.1 Å². The number of halogens is 3. The van der Waals surface area contributed by atoms with Crippen molar-refractivity contribution in [3.05, 3.63) is 41.3 Å². The summed E-state index contributed by atoms with van der Waals surface area (Å²) in [4.78, 5) is 7.24. The van der Waals surface area contributed by atoms with Crippen molar-refractivity contribution in [3.8, 4) is 23.1 Å². The number of hydrogen-bond acceptors (Lipinski definition) is 4. The molecule has 0 aliphatic heterocycles.